The first-order chi connectivity index (χ1) is 10.5. The highest BCUT2D eigenvalue weighted by atomic mass is 35.5. The van der Waals surface area contributed by atoms with Crippen LogP contribution in [0.1, 0.15) is 45.9 Å². The van der Waals surface area contributed by atoms with E-state index in [2.05, 4.69) is 5.32 Å². The van der Waals surface area contributed by atoms with Gasteiger partial charge >= 0.3 is 0 Å². The Bertz CT molecular complexity index is 731. The zero-order valence-corrected chi connectivity index (χ0v) is 13.8. The molecule has 4 nitrogen and oxygen atoms in total. The van der Waals surface area contributed by atoms with Crippen molar-refractivity contribution in [2.24, 2.45) is 0 Å². The van der Waals surface area contributed by atoms with Crippen molar-refractivity contribution in [2.45, 2.75) is 32.2 Å². The summed E-state index contributed by atoms with van der Waals surface area (Å²) in [5.41, 5.74) is 10.2. The Labute approximate surface area is 142 Å². The molecule has 0 bridgehead atoms. The maximum absolute atomic E-state index is 12.5. The van der Waals surface area contributed by atoms with Crippen molar-refractivity contribution in [3.8, 4) is 5.75 Å². The van der Waals surface area contributed by atoms with Crippen LogP contribution in [0.25, 0.3) is 0 Å². The van der Waals surface area contributed by atoms with Gasteiger partial charge in [-0.05, 0) is 61.6 Å². The van der Waals surface area contributed by atoms with Crippen LogP contribution in [0.5, 0.6) is 5.75 Å². The number of carbonyl (C=O) groups is 1. The van der Waals surface area contributed by atoms with Crippen molar-refractivity contribution < 1.29 is 9.90 Å². The van der Waals surface area contributed by atoms with Crippen LogP contribution >= 0.6 is 12.4 Å². The van der Waals surface area contributed by atoms with Gasteiger partial charge in [-0.3, -0.25) is 4.79 Å². The van der Waals surface area contributed by atoms with Gasteiger partial charge in [-0.25, -0.2) is 0 Å². The van der Waals surface area contributed by atoms with Gasteiger partial charge in [-0.2, -0.15) is 0 Å². The molecule has 3 rings (SSSR count). The third-order valence-electron chi connectivity index (χ3n) is 4.18. The first-order valence-electron chi connectivity index (χ1n) is 7.53. The summed E-state index contributed by atoms with van der Waals surface area (Å²) in [6.07, 6.45) is 2.90. The first-order valence-corrected chi connectivity index (χ1v) is 7.53. The van der Waals surface area contributed by atoms with Gasteiger partial charge in [-0.1, -0.05) is 17.7 Å². The second-order valence-corrected chi connectivity index (χ2v) is 5.90. The largest absolute Gasteiger partial charge is 0.507 e. The van der Waals surface area contributed by atoms with Crippen LogP contribution < -0.4 is 11.1 Å². The summed E-state index contributed by atoms with van der Waals surface area (Å²) in [6, 6.07) is 10.9. The number of nitrogen functional groups attached to an aromatic ring is 1. The Morgan fingerprint density at radius 1 is 1.26 bits per heavy atom. The lowest BCUT2D eigenvalue weighted by Crippen LogP contribution is -2.31. The second-order valence-electron chi connectivity index (χ2n) is 5.90. The van der Waals surface area contributed by atoms with Crippen LogP contribution in [-0.2, 0) is 6.42 Å². The molecule has 122 valence electrons. The number of anilines is 1. The zero-order chi connectivity index (χ0) is 15.7. The monoisotopic (exact) mass is 332 g/mol. The van der Waals surface area contributed by atoms with E-state index >= 15 is 0 Å². The summed E-state index contributed by atoms with van der Waals surface area (Å²) in [7, 11) is 0. The van der Waals surface area contributed by atoms with Gasteiger partial charge in [0.1, 0.15) is 5.75 Å². The summed E-state index contributed by atoms with van der Waals surface area (Å²) in [5, 5.41) is 12.9. The fourth-order valence-corrected chi connectivity index (χ4v) is 3.05. The van der Waals surface area contributed by atoms with Crippen molar-refractivity contribution >= 4 is 24.0 Å². The van der Waals surface area contributed by atoms with Crippen molar-refractivity contribution in [3.63, 3.8) is 0 Å². The lowest BCUT2D eigenvalue weighted by molar-refractivity contribution is 0.0930. The topological polar surface area (TPSA) is 75.3 Å². The molecule has 1 atom stereocenters. The molecule has 0 aromatic heterocycles. The molecular weight excluding hydrogens is 312 g/mol. The van der Waals surface area contributed by atoms with Gasteiger partial charge in [0, 0.05) is 5.69 Å². The minimum Gasteiger partial charge on any atom is -0.507 e. The number of hydrogen-bond acceptors (Lipinski definition) is 3. The third kappa shape index (κ3) is 3.59. The molecule has 0 spiro atoms. The van der Waals surface area contributed by atoms with Crippen LogP contribution in [0.4, 0.5) is 5.69 Å². The van der Waals surface area contributed by atoms with Crippen molar-refractivity contribution in [1.82, 2.24) is 5.32 Å². The van der Waals surface area contributed by atoms with E-state index in [4.69, 9.17) is 5.73 Å². The average molecular weight is 333 g/mol. The number of halogens is 1. The predicted molar refractivity (Wildman–Crippen MR) is 94.1 cm³/mol. The van der Waals surface area contributed by atoms with Crippen LogP contribution in [0, 0.1) is 6.92 Å². The smallest absolute Gasteiger partial charge is 0.255 e. The maximum atomic E-state index is 12.5. The molecule has 4 N–H and O–H groups in total. The molecule has 23 heavy (non-hydrogen) atoms. The Hall–Kier alpha value is -2.20. The fraction of sp³-hybridized carbons (Fsp3) is 0.278. The number of aromatic hydroxyl groups is 1. The molecule has 2 aromatic rings. The van der Waals surface area contributed by atoms with E-state index in [9.17, 15) is 9.90 Å². The number of carbonyl (C=O) groups excluding carboxylic acids is 1. The van der Waals surface area contributed by atoms with E-state index in [1.165, 1.54) is 5.56 Å². The van der Waals surface area contributed by atoms with Crippen LogP contribution in [0.15, 0.2) is 36.4 Å². The first kappa shape index (κ1) is 17.2. The number of aryl methyl sites for hydroxylation is 2. The SMILES string of the molecule is Cc1ccc(O)c(C(=O)NC2CCCc3cc(N)ccc32)c1.Cl. The molecular formula is C18H21ClN2O2. The molecule has 0 saturated carbocycles. The lowest BCUT2D eigenvalue weighted by Gasteiger charge is -2.27. The highest BCUT2D eigenvalue weighted by Crippen LogP contribution is 2.31. The summed E-state index contributed by atoms with van der Waals surface area (Å²) < 4.78 is 0. The molecule has 0 radical (unpaired) electrons. The number of fused-ring (bicyclic) bond motifs is 1. The van der Waals surface area contributed by atoms with Crippen molar-refractivity contribution in [1.29, 1.82) is 0 Å². The number of phenols is 1. The lowest BCUT2D eigenvalue weighted by atomic mass is 9.87. The molecule has 1 aliphatic rings. The standard InChI is InChI=1S/C18H20N2O2.ClH/c1-11-5-8-17(21)15(9-11)18(22)20-16-4-2-3-12-10-13(19)6-7-14(12)16;/h5-10,16,21H,2-4,19H2,1H3,(H,20,22);1H. The summed E-state index contributed by atoms with van der Waals surface area (Å²) in [4.78, 5) is 12.5. The number of phenolic OH excluding ortho intramolecular Hbond substituents is 1. The molecule has 5 heteroatoms. The molecule has 0 heterocycles. The maximum Gasteiger partial charge on any atom is 0.255 e. The van der Waals surface area contributed by atoms with Gasteiger partial charge in [0.05, 0.1) is 11.6 Å². The number of nitrogens with one attached hydrogen (secondary N) is 1. The van der Waals surface area contributed by atoms with Gasteiger partial charge in [0.25, 0.3) is 5.91 Å². The molecule has 1 aliphatic carbocycles. The quantitative estimate of drug-likeness (QED) is 0.737. The number of benzene rings is 2. The third-order valence-corrected chi connectivity index (χ3v) is 4.18. The highest BCUT2D eigenvalue weighted by molar-refractivity contribution is 5.97. The summed E-state index contributed by atoms with van der Waals surface area (Å²) in [6.45, 7) is 1.90. The van der Waals surface area contributed by atoms with Crippen LogP contribution in [0.2, 0.25) is 0 Å². The molecule has 0 aliphatic heterocycles. The summed E-state index contributed by atoms with van der Waals surface area (Å²) >= 11 is 0. The van der Waals surface area contributed by atoms with E-state index in [0.717, 1.165) is 36.1 Å². The number of amides is 1. The minimum absolute atomic E-state index is 0. The van der Waals surface area contributed by atoms with E-state index in [1.807, 2.05) is 25.1 Å². The predicted octanol–water partition coefficient (Wildman–Crippen LogP) is 3.51. The number of nitrogens with two attached hydrogens (primary N) is 1. The molecule has 0 saturated heterocycles. The fourth-order valence-electron chi connectivity index (χ4n) is 3.05. The van der Waals surface area contributed by atoms with Crippen LogP contribution in [-0.4, -0.2) is 11.0 Å². The van der Waals surface area contributed by atoms with E-state index in [0.29, 0.717) is 5.56 Å². The normalized spacial score (nSPS) is 16.1. The Morgan fingerprint density at radius 3 is 2.83 bits per heavy atom. The molecule has 0 fully saturated rings. The minimum atomic E-state index is -0.240. The van der Waals surface area contributed by atoms with E-state index in [-0.39, 0.29) is 30.1 Å². The zero-order valence-electron chi connectivity index (χ0n) is 13.0. The van der Waals surface area contributed by atoms with Crippen molar-refractivity contribution in [2.75, 3.05) is 5.73 Å². The summed E-state index contributed by atoms with van der Waals surface area (Å²) in [5.74, 6) is -0.229. The molecule has 1 unspecified atom stereocenters. The molecule has 1 amide bonds. The highest BCUT2D eigenvalue weighted by Gasteiger charge is 2.23. The molecule has 2 aromatic carbocycles. The van der Waals surface area contributed by atoms with Crippen molar-refractivity contribution in [3.05, 3.63) is 58.7 Å². The van der Waals surface area contributed by atoms with Gasteiger partial charge in [-0.15, -0.1) is 12.4 Å². The second kappa shape index (κ2) is 6.92. The number of hydrogen-bond donors (Lipinski definition) is 3. The number of rotatable bonds is 2. The van der Waals surface area contributed by atoms with E-state index in [1.54, 1.807) is 18.2 Å². The Morgan fingerprint density at radius 2 is 2.04 bits per heavy atom. The average Bonchev–Trinajstić information content (AvgIpc) is 2.49. The van der Waals surface area contributed by atoms with Crippen LogP contribution in [0.3, 0.4) is 0 Å². The Balaban J connectivity index is 0.00000192. The Kier molecular flexibility index (Phi) is 5.16. The van der Waals surface area contributed by atoms with Gasteiger partial charge in [0.15, 0.2) is 0 Å². The van der Waals surface area contributed by atoms with Gasteiger partial charge in [0.2, 0.25) is 0 Å². The van der Waals surface area contributed by atoms with Gasteiger partial charge < -0.3 is 16.2 Å². The van der Waals surface area contributed by atoms with E-state index < -0.39 is 0 Å².